The molecule has 1 aromatic carbocycles. The number of hydrogen-bond acceptors (Lipinski definition) is 3. The third-order valence-electron chi connectivity index (χ3n) is 2.57. The average molecular weight is 279 g/mol. The van der Waals surface area contributed by atoms with E-state index in [1.807, 2.05) is 52.2 Å². The van der Waals surface area contributed by atoms with Gasteiger partial charge in [0, 0.05) is 6.54 Å². The molecule has 1 aromatic rings. The monoisotopic (exact) mass is 279 g/mol. The van der Waals surface area contributed by atoms with Gasteiger partial charge in [-0.3, -0.25) is 0 Å². The van der Waals surface area contributed by atoms with Gasteiger partial charge in [0.2, 0.25) is 0 Å². The summed E-state index contributed by atoms with van der Waals surface area (Å²) in [4.78, 5) is 13.9. The van der Waals surface area contributed by atoms with Crippen molar-refractivity contribution in [3.05, 3.63) is 24.3 Å². The van der Waals surface area contributed by atoms with E-state index in [-0.39, 0.29) is 12.1 Å². The lowest BCUT2D eigenvalue weighted by atomic mass is 10.3. The molecule has 0 fully saturated rings. The molecule has 112 valence electrons. The Labute approximate surface area is 121 Å². The molecule has 0 aliphatic heterocycles. The quantitative estimate of drug-likeness (QED) is 0.754. The molecule has 0 heterocycles. The average Bonchev–Trinajstić information content (AvgIpc) is 2.36. The molecule has 0 aromatic heterocycles. The first kappa shape index (κ1) is 16.3. The fourth-order valence-electron chi connectivity index (χ4n) is 1.69. The molecule has 0 bridgehead atoms. The van der Waals surface area contributed by atoms with Crippen molar-refractivity contribution in [2.24, 2.45) is 0 Å². The summed E-state index contributed by atoms with van der Waals surface area (Å²) in [7, 11) is 4.03. The molecule has 0 aliphatic carbocycles. The van der Waals surface area contributed by atoms with Crippen molar-refractivity contribution >= 4 is 11.7 Å². The number of urea groups is 1. The van der Waals surface area contributed by atoms with E-state index in [0.717, 1.165) is 13.0 Å². The summed E-state index contributed by atoms with van der Waals surface area (Å²) < 4.78 is 5.65. The van der Waals surface area contributed by atoms with E-state index in [1.54, 1.807) is 0 Å². The lowest BCUT2D eigenvalue weighted by molar-refractivity contribution is 0.241. The lowest BCUT2D eigenvalue weighted by Gasteiger charge is -2.15. The number of anilines is 1. The minimum atomic E-state index is -0.205. The Morgan fingerprint density at radius 2 is 2.00 bits per heavy atom. The van der Waals surface area contributed by atoms with Crippen LogP contribution in [0.5, 0.6) is 5.75 Å². The smallest absolute Gasteiger partial charge is 0.319 e. The Morgan fingerprint density at radius 1 is 1.30 bits per heavy atom. The van der Waals surface area contributed by atoms with Gasteiger partial charge in [0.25, 0.3) is 0 Å². The van der Waals surface area contributed by atoms with Crippen LogP contribution in [0.15, 0.2) is 24.3 Å². The number of rotatable bonds is 7. The molecule has 0 radical (unpaired) electrons. The highest BCUT2D eigenvalue weighted by atomic mass is 16.5. The zero-order valence-electron chi connectivity index (χ0n) is 12.8. The van der Waals surface area contributed by atoms with Crippen LogP contribution >= 0.6 is 0 Å². The van der Waals surface area contributed by atoms with Gasteiger partial charge >= 0.3 is 6.03 Å². The van der Waals surface area contributed by atoms with Crippen molar-refractivity contribution in [2.45, 2.75) is 26.4 Å². The number of hydrogen-bond donors (Lipinski definition) is 2. The zero-order valence-corrected chi connectivity index (χ0v) is 12.8. The summed E-state index contributed by atoms with van der Waals surface area (Å²) >= 11 is 0. The Kier molecular flexibility index (Phi) is 6.87. The van der Waals surface area contributed by atoms with Gasteiger partial charge in [-0.15, -0.1) is 0 Å². The molecule has 20 heavy (non-hydrogen) atoms. The molecule has 5 heteroatoms. The van der Waals surface area contributed by atoms with Crippen molar-refractivity contribution in [3.8, 4) is 5.75 Å². The third-order valence-corrected chi connectivity index (χ3v) is 2.57. The number of carbonyl (C=O) groups is 1. The van der Waals surface area contributed by atoms with E-state index in [4.69, 9.17) is 4.74 Å². The van der Waals surface area contributed by atoms with Crippen LogP contribution in [0.2, 0.25) is 0 Å². The van der Waals surface area contributed by atoms with E-state index < -0.39 is 0 Å². The molecule has 2 amide bonds. The summed E-state index contributed by atoms with van der Waals surface area (Å²) in [6.07, 6.45) is 0.992. The number of para-hydroxylation sites is 2. The van der Waals surface area contributed by atoms with Gasteiger partial charge in [0.15, 0.2) is 0 Å². The van der Waals surface area contributed by atoms with E-state index in [1.165, 1.54) is 0 Å². The van der Waals surface area contributed by atoms with E-state index in [9.17, 15) is 4.79 Å². The standard InChI is InChI=1S/C15H25N3O2/c1-12(2)20-14-9-6-5-8-13(14)17-15(19)16-10-7-11-18(3)4/h5-6,8-9,12H,7,10-11H2,1-4H3,(H2,16,17,19). The zero-order chi connectivity index (χ0) is 15.0. The second kappa shape index (κ2) is 8.43. The molecular formula is C15H25N3O2. The second-order valence-electron chi connectivity index (χ2n) is 5.20. The van der Waals surface area contributed by atoms with Crippen LogP contribution in [0.4, 0.5) is 10.5 Å². The van der Waals surface area contributed by atoms with Crippen molar-refractivity contribution in [1.29, 1.82) is 0 Å². The molecule has 0 spiro atoms. The Bertz CT molecular complexity index is 419. The van der Waals surface area contributed by atoms with Crippen LogP contribution in [0.25, 0.3) is 0 Å². The Hall–Kier alpha value is -1.75. The molecular weight excluding hydrogens is 254 g/mol. The number of nitrogens with one attached hydrogen (secondary N) is 2. The molecule has 5 nitrogen and oxygen atoms in total. The normalized spacial score (nSPS) is 10.7. The van der Waals surface area contributed by atoms with E-state index in [0.29, 0.717) is 18.0 Å². The van der Waals surface area contributed by atoms with Crippen LogP contribution < -0.4 is 15.4 Å². The minimum Gasteiger partial charge on any atom is -0.489 e. The van der Waals surface area contributed by atoms with Crippen molar-refractivity contribution in [3.63, 3.8) is 0 Å². The Balaban J connectivity index is 2.45. The van der Waals surface area contributed by atoms with Crippen LogP contribution in [0.1, 0.15) is 20.3 Å². The third kappa shape index (κ3) is 6.43. The van der Waals surface area contributed by atoms with E-state index >= 15 is 0 Å². The molecule has 0 saturated carbocycles. The molecule has 0 atom stereocenters. The van der Waals surface area contributed by atoms with Gasteiger partial charge in [-0.1, -0.05) is 12.1 Å². The SMILES string of the molecule is CC(C)Oc1ccccc1NC(=O)NCCCN(C)C. The maximum absolute atomic E-state index is 11.8. The second-order valence-corrected chi connectivity index (χ2v) is 5.20. The summed E-state index contributed by atoms with van der Waals surface area (Å²) in [6, 6.07) is 7.23. The molecule has 2 N–H and O–H groups in total. The van der Waals surface area contributed by atoms with Gasteiger partial charge < -0.3 is 20.3 Å². The number of amides is 2. The highest BCUT2D eigenvalue weighted by Crippen LogP contribution is 2.24. The maximum Gasteiger partial charge on any atom is 0.319 e. The topological polar surface area (TPSA) is 53.6 Å². The highest BCUT2D eigenvalue weighted by Gasteiger charge is 2.08. The highest BCUT2D eigenvalue weighted by molar-refractivity contribution is 5.90. The number of benzene rings is 1. The lowest BCUT2D eigenvalue weighted by Crippen LogP contribution is -2.31. The molecule has 0 aliphatic rings. The predicted octanol–water partition coefficient (Wildman–Crippen LogP) is 2.55. The largest absolute Gasteiger partial charge is 0.489 e. The van der Waals surface area contributed by atoms with Crippen molar-refractivity contribution in [2.75, 3.05) is 32.5 Å². The first-order chi connectivity index (χ1) is 9.49. The fourth-order valence-corrected chi connectivity index (χ4v) is 1.69. The fraction of sp³-hybridized carbons (Fsp3) is 0.533. The summed E-state index contributed by atoms with van der Waals surface area (Å²) in [5, 5.41) is 5.65. The molecule has 0 saturated heterocycles. The molecule has 0 unspecified atom stereocenters. The number of ether oxygens (including phenoxy) is 1. The van der Waals surface area contributed by atoms with Crippen LogP contribution in [-0.4, -0.2) is 44.2 Å². The van der Waals surface area contributed by atoms with Gasteiger partial charge in [0.05, 0.1) is 11.8 Å². The number of carbonyl (C=O) groups excluding carboxylic acids is 1. The minimum absolute atomic E-state index is 0.0705. The first-order valence-corrected chi connectivity index (χ1v) is 6.94. The van der Waals surface area contributed by atoms with Crippen molar-refractivity contribution in [1.82, 2.24) is 10.2 Å². The Morgan fingerprint density at radius 3 is 2.65 bits per heavy atom. The van der Waals surface area contributed by atoms with Gasteiger partial charge in [-0.05, 0) is 53.0 Å². The summed E-state index contributed by atoms with van der Waals surface area (Å²) in [5.74, 6) is 0.686. The van der Waals surface area contributed by atoms with Gasteiger partial charge in [-0.25, -0.2) is 4.79 Å². The summed E-state index contributed by atoms with van der Waals surface area (Å²) in [5.41, 5.74) is 0.686. The van der Waals surface area contributed by atoms with Crippen LogP contribution in [0, 0.1) is 0 Å². The maximum atomic E-state index is 11.8. The molecule has 1 rings (SSSR count). The first-order valence-electron chi connectivity index (χ1n) is 6.94. The predicted molar refractivity (Wildman–Crippen MR) is 82.4 cm³/mol. The van der Waals surface area contributed by atoms with Crippen molar-refractivity contribution < 1.29 is 9.53 Å². The van der Waals surface area contributed by atoms with E-state index in [2.05, 4.69) is 15.5 Å². The summed E-state index contributed by atoms with van der Waals surface area (Å²) in [6.45, 7) is 5.51. The van der Waals surface area contributed by atoms with Gasteiger partial charge in [-0.2, -0.15) is 0 Å². The van der Waals surface area contributed by atoms with Crippen LogP contribution in [0.3, 0.4) is 0 Å². The van der Waals surface area contributed by atoms with Crippen LogP contribution in [-0.2, 0) is 0 Å². The number of nitrogens with zero attached hydrogens (tertiary/aromatic N) is 1. The van der Waals surface area contributed by atoms with Gasteiger partial charge in [0.1, 0.15) is 5.75 Å².